The van der Waals surface area contributed by atoms with Crippen molar-refractivity contribution in [2.45, 2.75) is 24.9 Å². The van der Waals surface area contributed by atoms with Gasteiger partial charge in [0.1, 0.15) is 0 Å². The fourth-order valence-electron chi connectivity index (χ4n) is 2.11. The molecule has 0 aliphatic rings. The predicted octanol–water partition coefficient (Wildman–Crippen LogP) is 1.10. The van der Waals surface area contributed by atoms with Crippen molar-refractivity contribution >= 4 is 0 Å². The highest BCUT2D eigenvalue weighted by Crippen LogP contribution is 1.99. The molecule has 0 radical (unpaired) electrons. The van der Waals surface area contributed by atoms with Gasteiger partial charge in [0, 0.05) is 13.2 Å². The third kappa shape index (κ3) is 20.5. The predicted molar refractivity (Wildman–Crippen MR) is 117 cm³/mol. The van der Waals surface area contributed by atoms with E-state index in [1.807, 2.05) is 0 Å². The van der Waals surface area contributed by atoms with Crippen LogP contribution >= 0.6 is 0 Å². The molecule has 3 atom stereocenters. The van der Waals surface area contributed by atoms with Crippen LogP contribution in [0.15, 0.2) is 38.0 Å². The van der Waals surface area contributed by atoms with Gasteiger partial charge in [0.25, 0.3) is 0 Å². The van der Waals surface area contributed by atoms with Crippen LogP contribution in [0.1, 0.15) is 6.42 Å². The second-order valence-corrected chi connectivity index (χ2v) is 6.24. The third-order valence-electron chi connectivity index (χ3n) is 3.74. The van der Waals surface area contributed by atoms with Gasteiger partial charge in [-0.3, -0.25) is 0 Å². The highest BCUT2D eigenvalue weighted by Gasteiger charge is 2.07. The largest absolute Gasteiger partial charge is 0.394 e. The van der Waals surface area contributed by atoms with Crippen molar-refractivity contribution in [2.24, 2.45) is 0 Å². The number of aliphatic hydroxyl groups is 2. The number of ether oxygens (including phenoxy) is 7. The molecule has 182 valence electrons. The van der Waals surface area contributed by atoms with Gasteiger partial charge in [-0.1, -0.05) is 18.7 Å². The lowest BCUT2D eigenvalue weighted by Gasteiger charge is -2.17. The van der Waals surface area contributed by atoms with Gasteiger partial charge >= 0.3 is 0 Å². The molecule has 0 rings (SSSR count). The Morgan fingerprint density at radius 3 is 1.55 bits per heavy atom. The van der Waals surface area contributed by atoms with Crippen LogP contribution in [0.4, 0.5) is 0 Å². The van der Waals surface area contributed by atoms with E-state index in [1.54, 1.807) is 12.2 Å². The Balaban J connectivity index is 3.60. The van der Waals surface area contributed by atoms with Crippen LogP contribution in [0.5, 0.6) is 0 Å². The van der Waals surface area contributed by atoms with Crippen LogP contribution in [0, 0.1) is 0 Å². The molecular formula is C22H40O9. The summed E-state index contributed by atoms with van der Waals surface area (Å²) in [4.78, 5) is 0. The number of hydrogen-bond donors (Lipinski definition) is 2. The van der Waals surface area contributed by atoms with Crippen molar-refractivity contribution in [1.82, 2.24) is 0 Å². The molecule has 0 aromatic carbocycles. The number of aliphatic hydroxyl groups excluding tert-OH is 2. The van der Waals surface area contributed by atoms with Crippen LogP contribution in [0.2, 0.25) is 0 Å². The molecule has 9 heteroatoms. The third-order valence-corrected chi connectivity index (χ3v) is 3.74. The van der Waals surface area contributed by atoms with Crippen molar-refractivity contribution < 1.29 is 43.4 Å². The van der Waals surface area contributed by atoms with Gasteiger partial charge in [-0.2, -0.15) is 0 Å². The van der Waals surface area contributed by atoms with E-state index < -0.39 is 6.29 Å². The topological polar surface area (TPSA) is 105 Å². The standard InChI is InChI=1S/C22H40O9/c1-4-20(29-15-12-26-10-7-9-25-11-8-23)18-27-13-16-30-21(5-2)19-28-14-17-31-22(24)6-3/h4-6,20-24H,1-3,7-19H2. The Labute approximate surface area is 186 Å². The highest BCUT2D eigenvalue weighted by molar-refractivity contribution is 4.80. The fraction of sp³-hybridized carbons (Fsp3) is 0.727. The van der Waals surface area contributed by atoms with Crippen LogP contribution in [-0.2, 0) is 33.2 Å². The van der Waals surface area contributed by atoms with Crippen molar-refractivity contribution in [3.05, 3.63) is 38.0 Å². The molecule has 0 fully saturated rings. The van der Waals surface area contributed by atoms with E-state index in [0.717, 1.165) is 6.42 Å². The molecule has 0 spiro atoms. The van der Waals surface area contributed by atoms with Crippen LogP contribution < -0.4 is 0 Å². The maximum absolute atomic E-state index is 9.17. The van der Waals surface area contributed by atoms with Crippen molar-refractivity contribution in [2.75, 3.05) is 79.3 Å². The van der Waals surface area contributed by atoms with Gasteiger partial charge in [0.15, 0.2) is 6.29 Å². The Kier molecular flexibility index (Phi) is 22.7. The maximum atomic E-state index is 9.17. The summed E-state index contributed by atoms with van der Waals surface area (Å²) in [6.07, 6.45) is 3.96. The average molecular weight is 449 g/mol. The summed E-state index contributed by atoms with van der Waals surface area (Å²) in [6, 6.07) is 0. The minimum Gasteiger partial charge on any atom is -0.394 e. The van der Waals surface area contributed by atoms with E-state index in [1.165, 1.54) is 6.08 Å². The lowest BCUT2D eigenvalue weighted by molar-refractivity contribution is -0.0889. The molecule has 0 saturated heterocycles. The fourth-order valence-corrected chi connectivity index (χ4v) is 2.11. The first-order chi connectivity index (χ1) is 15.2. The Morgan fingerprint density at radius 1 is 0.581 bits per heavy atom. The first kappa shape index (κ1) is 29.9. The molecule has 0 aromatic rings. The number of hydrogen-bond acceptors (Lipinski definition) is 9. The Bertz CT molecular complexity index is 420. The summed E-state index contributed by atoms with van der Waals surface area (Å²) in [5, 5.41) is 17.8. The zero-order valence-electron chi connectivity index (χ0n) is 18.5. The monoisotopic (exact) mass is 448 g/mol. The summed E-state index contributed by atoms with van der Waals surface area (Å²) in [5.74, 6) is 0. The molecule has 0 amide bonds. The second-order valence-electron chi connectivity index (χ2n) is 6.24. The van der Waals surface area contributed by atoms with E-state index in [-0.39, 0.29) is 25.4 Å². The molecule has 0 heterocycles. The molecule has 2 N–H and O–H groups in total. The van der Waals surface area contributed by atoms with Crippen molar-refractivity contribution in [3.8, 4) is 0 Å². The smallest absolute Gasteiger partial charge is 0.173 e. The minimum atomic E-state index is -0.981. The molecule has 9 nitrogen and oxygen atoms in total. The lowest BCUT2D eigenvalue weighted by Crippen LogP contribution is -2.24. The summed E-state index contributed by atoms with van der Waals surface area (Å²) in [5.41, 5.74) is 0. The van der Waals surface area contributed by atoms with E-state index in [2.05, 4.69) is 19.7 Å². The highest BCUT2D eigenvalue weighted by atomic mass is 16.6. The van der Waals surface area contributed by atoms with E-state index in [0.29, 0.717) is 66.1 Å². The van der Waals surface area contributed by atoms with Gasteiger partial charge in [-0.15, -0.1) is 13.2 Å². The molecule has 31 heavy (non-hydrogen) atoms. The molecule has 3 unspecified atom stereocenters. The van der Waals surface area contributed by atoms with Crippen LogP contribution in [0.25, 0.3) is 0 Å². The normalized spacial score (nSPS) is 14.1. The minimum absolute atomic E-state index is 0.0358. The second kappa shape index (κ2) is 23.5. The van der Waals surface area contributed by atoms with E-state index in [9.17, 15) is 0 Å². The quantitative estimate of drug-likeness (QED) is 0.121. The van der Waals surface area contributed by atoms with E-state index in [4.69, 9.17) is 43.4 Å². The van der Waals surface area contributed by atoms with Gasteiger partial charge in [-0.05, 0) is 12.5 Å². The zero-order valence-corrected chi connectivity index (χ0v) is 18.5. The van der Waals surface area contributed by atoms with Gasteiger partial charge < -0.3 is 43.4 Å². The summed E-state index contributed by atoms with van der Waals surface area (Å²) in [7, 11) is 0. The molecular weight excluding hydrogens is 408 g/mol. The van der Waals surface area contributed by atoms with Gasteiger partial charge in [-0.25, -0.2) is 0 Å². The maximum Gasteiger partial charge on any atom is 0.173 e. The molecule has 0 aliphatic carbocycles. The van der Waals surface area contributed by atoms with Crippen LogP contribution in [0.3, 0.4) is 0 Å². The molecule has 0 aromatic heterocycles. The summed E-state index contributed by atoms with van der Waals surface area (Å²) < 4.78 is 37.9. The van der Waals surface area contributed by atoms with Crippen molar-refractivity contribution in [3.63, 3.8) is 0 Å². The first-order valence-electron chi connectivity index (χ1n) is 10.5. The average Bonchev–Trinajstić information content (AvgIpc) is 2.79. The first-order valence-corrected chi connectivity index (χ1v) is 10.5. The Morgan fingerprint density at radius 2 is 1.06 bits per heavy atom. The molecule has 0 bridgehead atoms. The van der Waals surface area contributed by atoms with Gasteiger partial charge in [0.2, 0.25) is 0 Å². The summed E-state index contributed by atoms with van der Waals surface area (Å²) >= 11 is 0. The molecule has 0 saturated carbocycles. The molecule has 0 aliphatic heterocycles. The van der Waals surface area contributed by atoms with Crippen LogP contribution in [-0.4, -0.2) is 108 Å². The van der Waals surface area contributed by atoms with Crippen molar-refractivity contribution in [1.29, 1.82) is 0 Å². The number of rotatable bonds is 25. The SMILES string of the molecule is C=CC(O)OCCOCC(C=C)OCCOCC(C=C)OCCOCCCOCCO. The zero-order chi connectivity index (χ0) is 23.0. The van der Waals surface area contributed by atoms with Gasteiger partial charge in [0.05, 0.1) is 78.3 Å². The Hall–Kier alpha value is -1.14. The summed E-state index contributed by atoms with van der Waals surface area (Å²) in [6.45, 7) is 15.4. The lowest BCUT2D eigenvalue weighted by atomic mass is 10.4. The van der Waals surface area contributed by atoms with E-state index >= 15 is 0 Å².